The van der Waals surface area contributed by atoms with Crippen molar-refractivity contribution >= 4 is 17.2 Å². The molecule has 3 rings (SSSR count). The number of hydrogen-bond donors (Lipinski definition) is 1. The molecule has 2 heterocycles. The second-order valence-corrected chi connectivity index (χ2v) is 6.98. The van der Waals surface area contributed by atoms with E-state index in [9.17, 15) is 4.79 Å². The molecule has 0 unspecified atom stereocenters. The summed E-state index contributed by atoms with van der Waals surface area (Å²) in [5.74, 6) is 0.760. The van der Waals surface area contributed by atoms with Crippen LogP contribution in [0.4, 0.5) is 0 Å². The number of aryl methyl sites for hydroxylation is 1. The summed E-state index contributed by atoms with van der Waals surface area (Å²) in [7, 11) is 1.79. The fourth-order valence-electron chi connectivity index (χ4n) is 2.61. The average Bonchev–Trinajstić information content (AvgIpc) is 3.32. The number of thiazole rings is 1. The molecule has 0 atom stereocenters. The van der Waals surface area contributed by atoms with Gasteiger partial charge in [-0.3, -0.25) is 4.79 Å². The number of aromatic nitrogens is 2. The first-order valence-electron chi connectivity index (χ1n) is 8.58. The van der Waals surface area contributed by atoms with Crippen molar-refractivity contribution in [3.63, 3.8) is 0 Å². The van der Waals surface area contributed by atoms with Gasteiger partial charge >= 0.3 is 0 Å². The van der Waals surface area contributed by atoms with Gasteiger partial charge in [-0.25, -0.2) is 4.98 Å². The van der Waals surface area contributed by atoms with Gasteiger partial charge in [0.15, 0.2) is 0 Å². The van der Waals surface area contributed by atoms with E-state index < -0.39 is 0 Å². The Bertz CT molecular complexity index is 844. The molecule has 6 nitrogen and oxygen atoms in total. The van der Waals surface area contributed by atoms with Crippen LogP contribution in [0.2, 0.25) is 0 Å². The van der Waals surface area contributed by atoms with E-state index >= 15 is 0 Å². The Morgan fingerprint density at radius 3 is 2.85 bits per heavy atom. The number of rotatable bonds is 8. The highest BCUT2D eigenvalue weighted by Crippen LogP contribution is 2.19. The summed E-state index contributed by atoms with van der Waals surface area (Å²) in [5, 5.41) is 6.81. The van der Waals surface area contributed by atoms with Gasteiger partial charge in [-0.15, -0.1) is 11.3 Å². The van der Waals surface area contributed by atoms with Crippen LogP contribution in [-0.2, 0) is 12.8 Å². The van der Waals surface area contributed by atoms with Crippen molar-refractivity contribution in [1.29, 1.82) is 0 Å². The zero-order valence-electron chi connectivity index (χ0n) is 14.7. The van der Waals surface area contributed by atoms with E-state index in [2.05, 4.69) is 10.1 Å². The van der Waals surface area contributed by atoms with Gasteiger partial charge < -0.3 is 15.2 Å². The third kappa shape index (κ3) is 4.56. The Morgan fingerprint density at radius 1 is 1.27 bits per heavy atom. The van der Waals surface area contributed by atoms with Crippen LogP contribution in [-0.4, -0.2) is 41.1 Å². The number of nitrogens with two attached hydrogens (primary N) is 1. The van der Waals surface area contributed by atoms with E-state index in [0.29, 0.717) is 25.2 Å². The summed E-state index contributed by atoms with van der Waals surface area (Å²) in [5.41, 5.74) is 7.88. The molecule has 136 valence electrons. The van der Waals surface area contributed by atoms with Crippen LogP contribution in [0.15, 0.2) is 46.3 Å². The van der Waals surface area contributed by atoms with Crippen LogP contribution in [0, 0.1) is 0 Å². The van der Waals surface area contributed by atoms with Gasteiger partial charge in [0.25, 0.3) is 5.91 Å². The smallest absolute Gasteiger partial charge is 0.273 e. The predicted molar refractivity (Wildman–Crippen MR) is 102 cm³/mol. The fourth-order valence-corrected chi connectivity index (χ4v) is 3.40. The number of benzene rings is 1. The minimum atomic E-state index is -0.0629. The molecule has 2 aromatic heterocycles. The topological polar surface area (TPSA) is 85.2 Å². The second kappa shape index (κ2) is 8.73. The molecular weight excluding hydrogens is 348 g/mol. The molecule has 3 aromatic rings. The maximum Gasteiger partial charge on any atom is 0.273 e. The molecule has 0 aliphatic rings. The monoisotopic (exact) mass is 370 g/mol. The molecule has 0 aliphatic carbocycles. The lowest BCUT2D eigenvalue weighted by molar-refractivity contribution is 0.0787. The van der Waals surface area contributed by atoms with Gasteiger partial charge in [-0.05, 0) is 13.0 Å². The molecule has 0 fully saturated rings. The predicted octanol–water partition coefficient (Wildman–Crippen LogP) is 3.00. The number of nitrogens with zero attached hydrogens (tertiary/aromatic N) is 3. The van der Waals surface area contributed by atoms with Crippen LogP contribution < -0.4 is 5.73 Å². The summed E-state index contributed by atoms with van der Waals surface area (Å²) >= 11 is 1.48. The molecule has 0 aliphatic heterocycles. The van der Waals surface area contributed by atoms with Crippen molar-refractivity contribution in [3.05, 3.63) is 58.2 Å². The Morgan fingerprint density at radius 2 is 2.08 bits per heavy atom. The summed E-state index contributed by atoms with van der Waals surface area (Å²) in [4.78, 5) is 18.4. The number of carbonyl (C=O) groups is 1. The Balaban J connectivity index is 1.49. The van der Waals surface area contributed by atoms with E-state index in [1.165, 1.54) is 11.3 Å². The standard InChI is InChI=1S/C19H22N4O2S/c1-23(19(24)17-13-26-18(21-17)9-10-20)11-5-8-15-12-16(22-25-15)14-6-3-2-4-7-14/h2-4,6-7,12-13H,5,8-11,20H2,1H3. The maximum atomic E-state index is 12.4. The summed E-state index contributed by atoms with van der Waals surface area (Å²) in [6.07, 6.45) is 2.23. The molecule has 2 N–H and O–H groups in total. The Labute approximate surface area is 156 Å². The molecule has 7 heteroatoms. The van der Waals surface area contributed by atoms with E-state index in [1.807, 2.05) is 36.4 Å². The maximum absolute atomic E-state index is 12.4. The van der Waals surface area contributed by atoms with Crippen LogP contribution in [0.1, 0.15) is 27.7 Å². The van der Waals surface area contributed by atoms with Gasteiger partial charge in [-0.1, -0.05) is 35.5 Å². The molecule has 1 aromatic carbocycles. The van der Waals surface area contributed by atoms with Crippen LogP contribution in [0.5, 0.6) is 0 Å². The lowest BCUT2D eigenvalue weighted by Gasteiger charge is -2.15. The first-order chi connectivity index (χ1) is 12.7. The highest BCUT2D eigenvalue weighted by Gasteiger charge is 2.15. The van der Waals surface area contributed by atoms with Gasteiger partial charge in [0.05, 0.1) is 5.01 Å². The van der Waals surface area contributed by atoms with Crippen molar-refractivity contribution in [2.24, 2.45) is 5.73 Å². The normalized spacial score (nSPS) is 10.8. The molecule has 26 heavy (non-hydrogen) atoms. The summed E-state index contributed by atoms with van der Waals surface area (Å²) < 4.78 is 5.40. The van der Waals surface area contributed by atoms with Crippen LogP contribution in [0.3, 0.4) is 0 Å². The molecule has 0 radical (unpaired) electrons. The molecular formula is C19H22N4O2S. The molecule has 1 amide bonds. The quantitative estimate of drug-likeness (QED) is 0.659. The van der Waals surface area contributed by atoms with Gasteiger partial charge in [0.2, 0.25) is 0 Å². The van der Waals surface area contributed by atoms with Gasteiger partial charge in [0, 0.05) is 43.4 Å². The van der Waals surface area contributed by atoms with Gasteiger partial charge in [0.1, 0.15) is 17.1 Å². The second-order valence-electron chi connectivity index (χ2n) is 6.04. The highest BCUT2D eigenvalue weighted by atomic mass is 32.1. The highest BCUT2D eigenvalue weighted by molar-refractivity contribution is 7.09. The number of carbonyl (C=O) groups excluding carboxylic acids is 1. The molecule has 0 spiro atoms. The van der Waals surface area contributed by atoms with E-state index in [4.69, 9.17) is 10.3 Å². The van der Waals surface area contributed by atoms with Crippen LogP contribution >= 0.6 is 11.3 Å². The van der Waals surface area contributed by atoms with Crippen molar-refractivity contribution in [2.75, 3.05) is 20.1 Å². The van der Waals surface area contributed by atoms with Crippen molar-refractivity contribution < 1.29 is 9.32 Å². The Hall–Kier alpha value is -2.51. The third-order valence-corrected chi connectivity index (χ3v) is 4.93. The fraction of sp³-hybridized carbons (Fsp3) is 0.316. The largest absolute Gasteiger partial charge is 0.361 e. The SMILES string of the molecule is CN(CCCc1cc(-c2ccccc2)no1)C(=O)c1csc(CCN)n1. The van der Waals surface area contributed by atoms with Crippen molar-refractivity contribution in [2.45, 2.75) is 19.3 Å². The molecule has 0 bridgehead atoms. The van der Waals surface area contributed by atoms with Gasteiger partial charge in [-0.2, -0.15) is 0 Å². The lowest BCUT2D eigenvalue weighted by Crippen LogP contribution is -2.28. The molecule has 0 saturated carbocycles. The molecule has 0 saturated heterocycles. The first kappa shape index (κ1) is 18.3. The van der Waals surface area contributed by atoms with E-state index in [1.54, 1.807) is 17.3 Å². The van der Waals surface area contributed by atoms with E-state index in [-0.39, 0.29) is 5.91 Å². The van der Waals surface area contributed by atoms with Crippen molar-refractivity contribution in [1.82, 2.24) is 15.0 Å². The zero-order chi connectivity index (χ0) is 18.4. The van der Waals surface area contributed by atoms with E-state index in [0.717, 1.165) is 34.9 Å². The summed E-state index contributed by atoms with van der Waals surface area (Å²) in [6.45, 7) is 1.17. The zero-order valence-corrected chi connectivity index (χ0v) is 15.5. The van der Waals surface area contributed by atoms with Crippen molar-refractivity contribution in [3.8, 4) is 11.3 Å². The minimum Gasteiger partial charge on any atom is -0.361 e. The first-order valence-corrected chi connectivity index (χ1v) is 9.46. The number of hydrogen-bond acceptors (Lipinski definition) is 6. The minimum absolute atomic E-state index is 0.0629. The average molecular weight is 370 g/mol. The summed E-state index contributed by atoms with van der Waals surface area (Å²) in [6, 6.07) is 11.9. The third-order valence-electron chi connectivity index (χ3n) is 4.02. The number of amides is 1. The lowest BCUT2D eigenvalue weighted by atomic mass is 10.1. The Kier molecular flexibility index (Phi) is 6.14. The van der Waals surface area contributed by atoms with Crippen LogP contribution in [0.25, 0.3) is 11.3 Å².